The molecule has 1 aromatic heterocycles. The number of carbonyl (C=O) groups is 2. The molecule has 2 N–H and O–H groups in total. The van der Waals surface area contributed by atoms with Gasteiger partial charge in [0, 0.05) is 38.0 Å². The van der Waals surface area contributed by atoms with Crippen LogP contribution in [0.3, 0.4) is 0 Å². The van der Waals surface area contributed by atoms with Gasteiger partial charge in [-0.25, -0.2) is 9.18 Å². The minimum atomic E-state index is -1.81. The van der Waals surface area contributed by atoms with E-state index in [9.17, 15) is 14.7 Å². The largest absolute Gasteiger partial charge is 0.478 e. The van der Waals surface area contributed by atoms with E-state index in [1.165, 1.54) is 12.4 Å². The van der Waals surface area contributed by atoms with Gasteiger partial charge in [0.2, 0.25) is 0 Å². The molecule has 1 amide bonds. The van der Waals surface area contributed by atoms with Crippen molar-refractivity contribution in [2.75, 3.05) is 10.3 Å². The lowest BCUT2D eigenvalue weighted by atomic mass is 9.86. The van der Waals surface area contributed by atoms with Crippen LogP contribution in [0.4, 0.5) is 15.8 Å². The maximum atomic E-state index is 15.0. The third kappa shape index (κ3) is 4.16. The monoisotopic (exact) mass is 400 g/mol. The van der Waals surface area contributed by atoms with Crippen molar-refractivity contribution in [2.45, 2.75) is 51.4 Å². The fraction of sp³-hybridized carbons (Fsp3) is 0.381. The molecule has 2 aromatic rings. The van der Waals surface area contributed by atoms with E-state index in [1.807, 2.05) is 44.2 Å². The average molecular weight is 400 g/mol. The molecule has 0 aliphatic carbocycles. The fourth-order valence-electron chi connectivity index (χ4n) is 3.62. The first-order valence-electron chi connectivity index (χ1n) is 9.66. The maximum Gasteiger partial charge on any atom is 0.339 e. The first-order valence-corrected chi connectivity index (χ1v) is 9.66. The molecule has 1 aliphatic rings. The number of rotatable bonds is 8. The number of hydrogen-bond acceptors (Lipinski definition) is 4. The van der Waals surface area contributed by atoms with Crippen molar-refractivity contribution in [3.63, 3.8) is 0 Å². The Labute approximate surface area is 168 Å². The number of para-hydroxylation sites is 1. The number of benzene rings is 1. The number of carboxylic acids is 1. The predicted molar refractivity (Wildman–Crippen MR) is 110 cm³/mol. The van der Waals surface area contributed by atoms with Crippen LogP contribution in [0.25, 0.3) is 0 Å². The van der Waals surface area contributed by atoms with Gasteiger partial charge in [0.1, 0.15) is 5.56 Å². The molecule has 0 fully saturated rings. The molecule has 1 aromatic carbocycles. The summed E-state index contributed by atoms with van der Waals surface area (Å²) in [6, 6.07) is 9.45. The van der Waals surface area contributed by atoms with Crippen LogP contribution >= 0.6 is 0 Å². The zero-order valence-corrected chi connectivity index (χ0v) is 16.5. The highest BCUT2D eigenvalue weighted by Gasteiger charge is 2.42. The minimum Gasteiger partial charge on any atom is -0.478 e. The molecule has 2 unspecified atom stereocenters. The molecule has 7 nitrogen and oxygen atoms in total. The lowest BCUT2D eigenvalue weighted by Gasteiger charge is -2.37. The van der Waals surface area contributed by atoms with Gasteiger partial charge in [-0.2, -0.15) is 5.10 Å². The Bertz CT molecular complexity index is 912. The van der Waals surface area contributed by atoms with Crippen molar-refractivity contribution >= 4 is 29.5 Å². The second-order valence-electron chi connectivity index (χ2n) is 7.11. The van der Waals surface area contributed by atoms with Crippen LogP contribution in [0.5, 0.6) is 0 Å². The maximum absolute atomic E-state index is 15.0. The molecule has 0 saturated heterocycles. The van der Waals surface area contributed by atoms with E-state index in [-0.39, 0.29) is 17.7 Å². The number of aromatic nitrogens is 1. The molecule has 8 heteroatoms. The summed E-state index contributed by atoms with van der Waals surface area (Å²) in [5.41, 5.74) is 0.222. The number of carbonyl (C=O) groups excluding carboxylic acids is 1. The number of anilines is 2. The number of nitrogens with one attached hydrogen (secondary N) is 1. The number of aryl methyl sites for hydroxylation is 1. The quantitative estimate of drug-likeness (QED) is 0.703. The fourth-order valence-corrected chi connectivity index (χ4v) is 3.62. The van der Waals surface area contributed by atoms with Crippen molar-refractivity contribution < 1.29 is 19.1 Å². The van der Waals surface area contributed by atoms with Gasteiger partial charge >= 0.3 is 5.97 Å². The average Bonchev–Trinajstić information content (AvgIpc) is 3.33. The Morgan fingerprint density at radius 1 is 1.28 bits per heavy atom. The van der Waals surface area contributed by atoms with Crippen molar-refractivity contribution in [2.24, 2.45) is 5.10 Å². The number of hydrogen-bond donors (Lipinski definition) is 2. The zero-order valence-electron chi connectivity index (χ0n) is 16.5. The van der Waals surface area contributed by atoms with Gasteiger partial charge < -0.3 is 15.0 Å². The van der Waals surface area contributed by atoms with Crippen LogP contribution in [-0.4, -0.2) is 39.5 Å². The van der Waals surface area contributed by atoms with Crippen LogP contribution in [0.15, 0.2) is 47.8 Å². The van der Waals surface area contributed by atoms with Crippen molar-refractivity contribution in [3.05, 3.63) is 48.3 Å². The van der Waals surface area contributed by atoms with E-state index in [4.69, 9.17) is 0 Å². The number of nitrogens with zero attached hydrogens (tertiary/aromatic N) is 3. The topological polar surface area (TPSA) is 86.9 Å². The Hall–Kier alpha value is -3.16. The molecule has 0 saturated carbocycles. The summed E-state index contributed by atoms with van der Waals surface area (Å²) in [7, 11) is 0. The molecular weight excluding hydrogens is 375 g/mol. The summed E-state index contributed by atoms with van der Waals surface area (Å²) in [5, 5.41) is 17.9. The molecule has 0 spiro atoms. The van der Waals surface area contributed by atoms with Gasteiger partial charge in [-0.3, -0.25) is 9.80 Å². The smallest absolute Gasteiger partial charge is 0.339 e. The highest BCUT2D eigenvalue weighted by molar-refractivity contribution is 6.01. The second kappa shape index (κ2) is 8.46. The van der Waals surface area contributed by atoms with Crippen molar-refractivity contribution in [1.82, 2.24) is 4.57 Å². The summed E-state index contributed by atoms with van der Waals surface area (Å²) >= 11 is 0. The molecule has 2 heterocycles. The Kier molecular flexibility index (Phi) is 6.00. The molecule has 3 rings (SSSR count). The van der Waals surface area contributed by atoms with E-state index in [2.05, 4.69) is 10.4 Å². The van der Waals surface area contributed by atoms with Gasteiger partial charge in [-0.1, -0.05) is 25.1 Å². The minimum absolute atomic E-state index is 0.0544. The molecule has 0 bridgehead atoms. The number of carboxylic acid groups (broad SMARTS) is 1. The summed E-state index contributed by atoms with van der Waals surface area (Å²) in [6.07, 6.45) is 3.92. The lowest BCUT2D eigenvalue weighted by molar-refractivity contribution is -0.121. The highest BCUT2D eigenvalue weighted by atomic mass is 19.1. The standard InChI is InChI=1S/C21H25FN4O3/c1-3-21(10-11-23-26(21)15-8-6-5-7-9-15)12-17(22)19(27)24-18-14-25(4-2)13-16(18)20(28)29/h5-9,11,13-14,17H,3-4,10,12H2,1-2H3,(H,24,27)(H,28,29). The zero-order chi connectivity index (χ0) is 21.0. The van der Waals surface area contributed by atoms with Crippen LogP contribution in [0, 0.1) is 0 Å². The first-order chi connectivity index (χ1) is 13.9. The SMILES string of the molecule is CCn1cc(NC(=O)C(F)CC2(CC)CC=NN2c2ccccc2)c(C(=O)O)c1. The van der Waals surface area contributed by atoms with Gasteiger partial charge in [-0.05, 0) is 25.5 Å². The molecule has 2 atom stereocenters. The van der Waals surface area contributed by atoms with E-state index < -0.39 is 23.6 Å². The van der Waals surface area contributed by atoms with Crippen LogP contribution in [0.1, 0.15) is 43.5 Å². The van der Waals surface area contributed by atoms with Crippen LogP contribution in [-0.2, 0) is 11.3 Å². The van der Waals surface area contributed by atoms with Crippen molar-refractivity contribution in [3.8, 4) is 0 Å². The van der Waals surface area contributed by atoms with Gasteiger partial charge in [0.05, 0.1) is 16.9 Å². The summed E-state index contributed by atoms with van der Waals surface area (Å²) in [4.78, 5) is 23.9. The second-order valence-corrected chi connectivity index (χ2v) is 7.11. The summed E-state index contributed by atoms with van der Waals surface area (Å²) < 4.78 is 16.7. The Morgan fingerprint density at radius 3 is 2.62 bits per heavy atom. The van der Waals surface area contributed by atoms with E-state index >= 15 is 4.39 Å². The number of hydrazone groups is 1. The lowest BCUT2D eigenvalue weighted by Crippen LogP contribution is -2.46. The number of aromatic carboxylic acids is 1. The third-order valence-electron chi connectivity index (χ3n) is 5.35. The molecule has 1 aliphatic heterocycles. The van der Waals surface area contributed by atoms with E-state index in [0.29, 0.717) is 19.4 Å². The molecule has 29 heavy (non-hydrogen) atoms. The Morgan fingerprint density at radius 2 is 2.00 bits per heavy atom. The Balaban J connectivity index is 1.76. The summed E-state index contributed by atoms with van der Waals surface area (Å²) in [6.45, 7) is 4.33. The summed E-state index contributed by atoms with van der Waals surface area (Å²) in [5.74, 6) is -2.03. The number of alkyl halides is 1. The van der Waals surface area contributed by atoms with Gasteiger partial charge in [0.25, 0.3) is 5.91 Å². The van der Waals surface area contributed by atoms with Gasteiger partial charge in [0.15, 0.2) is 6.17 Å². The predicted octanol–water partition coefficient (Wildman–Crippen LogP) is 3.92. The van der Waals surface area contributed by atoms with Crippen LogP contribution < -0.4 is 10.3 Å². The number of amides is 1. The molecule has 154 valence electrons. The third-order valence-corrected chi connectivity index (χ3v) is 5.35. The normalized spacial score (nSPS) is 19.3. The van der Waals surface area contributed by atoms with Crippen molar-refractivity contribution in [1.29, 1.82) is 0 Å². The van der Waals surface area contributed by atoms with Crippen LogP contribution in [0.2, 0.25) is 0 Å². The van der Waals surface area contributed by atoms with E-state index in [1.54, 1.807) is 15.8 Å². The highest BCUT2D eigenvalue weighted by Crippen LogP contribution is 2.37. The molecule has 0 radical (unpaired) electrons. The molecular formula is C21H25FN4O3. The van der Waals surface area contributed by atoms with E-state index in [0.717, 1.165) is 5.69 Å². The van der Waals surface area contributed by atoms with Gasteiger partial charge in [-0.15, -0.1) is 0 Å². The number of halogens is 1. The first kappa shape index (κ1) is 20.6.